The van der Waals surface area contributed by atoms with Crippen LogP contribution in [0.1, 0.15) is 32.1 Å². The third-order valence-corrected chi connectivity index (χ3v) is 4.91. The number of carbonyl (C=O) groups excluding carboxylic acids is 1. The van der Waals surface area contributed by atoms with E-state index in [1.54, 1.807) is 0 Å². The molecule has 0 radical (unpaired) electrons. The molecule has 0 aliphatic carbocycles. The molecule has 0 spiro atoms. The van der Waals surface area contributed by atoms with Gasteiger partial charge in [-0.25, -0.2) is 0 Å². The molecular weight excluding hydrogens is 369 g/mol. The molecule has 2 heterocycles. The number of hydrogen-bond acceptors (Lipinski definition) is 3. The van der Waals surface area contributed by atoms with Crippen LogP contribution in [0, 0.1) is 0 Å². The van der Waals surface area contributed by atoms with Crippen LogP contribution in [0.4, 0.5) is 5.69 Å². The molecule has 136 valence electrons. The molecule has 0 bridgehead atoms. The Balaban J connectivity index is 0.00000144. The van der Waals surface area contributed by atoms with Gasteiger partial charge in [-0.2, -0.15) is 0 Å². The molecule has 0 saturated carbocycles. The molecule has 3 rings (SSSR count). The lowest BCUT2D eigenvalue weighted by Crippen LogP contribution is -2.54. The number of nitrogens with zero attached hydrogens (tertiary/aromatic N) is 1. The zero-order valence-corrected chi connectivity index (χ0v) is 16.1. The molecule has 0 aromatic heterocycles. The van der Waals surface area contributed by atoms with E-state index < -0.39 is 0 Å². The molecule has 1 unspecified atom stereocenters. The van der Waals surface area contributed by atoms with Crippen LogP contribution in [0.5, 0.6) is 0 Å². The monoisotopic (exact) mass is 393 g/mol. The van der Waals surface area contributed by atoms with Gasteiger partial charge in [0.2, 0.25) is 5.91 Å². The molecule has 24 heavy (non-hydrogen) atoms. The van der Waals surface area contributed by atoms with Gasteiger partial charge in [0, 0.05) is 19.1 Å². The van der Waals surface area contributed by atoms with Gasteiger partial charge >= 0.3 is 0 Å². The van der Waals surface area contributed by atoms with Crippen molar-refractivity contribution in [1.29, 1.82) is 0 Å². The quantitative estimate of drug-likeness (QED) is 0.825. The molecule has 2 aliphatic heterocycles. The Kier molecular flexibility index (Phi) is 9.21. The van der Waals surface area contributed by atoms with Gasteiger partial charge in [0.15, 0.2) is 0 Å². The van der Waals surface area contributed by atoms with Crippen molar-refractivity contribution in [2.24, 2.45) is 0 Å². The summed E-state index contributed by atoms with van der Waals surface area (Å²) >= 11 is 6.29. The van der Waals surface area contributed by atoms with Crippen molar-refractivity contribution in [2.75, 3.05) is 24.5 Å². The van der Waals surface area contributed by atoms with E-state index >= 15 is 0 Å². The summed E-state index contributed by atoms with van der Waals surface area (Å²) < 4.78 is 0. The van der Waals surface area contributed by atoms with Crippen LogP contribution in [0.3, 0.4) is 0 Å². The highest BCUT2D eigenvalue weighted by Crippen LogP contribution is 2.27. The zero-order chi connectivity index (χ0) is 15.4. The van der Waals surface area contributed by atoms with Crippen LogP contribution >= 0.6 is 36.4 Å². The van der Waals surface area contributed by atoms with E-state index in [-0.39, 0.29) is 42.8 Å². The van der Waals surface area contributed by atoms with E-state index in [4.69, 9.17) is 11.6 Å². The second-order valence-corrected chi connectivity index (χ2v) is 6.65. The third-order valence-electron chi connectivity index (χ3n) is 4.59. The highest BCUT2D eigenvalue weighted by molar-refractivity contribution is 6.33. The number of para-hydroxylation sites is 1. The first-order chi connectivity index (χ1) is 10.7. The lowest BCUT2D eigenvalue weighted by molar-refractivity contribution is -0.124. The average Bonchev–Trinajstić information content (AvgIpc) is 2.56. The van der Waals surface area contributed by atoms with E-state index in [1.165, 1.54) is 6.42 Å². The fraction of sp³-hybridized carbons (Fsp3) is 0.588. The SMILES string of the molecule is Cl.Cl.O=C(NC1CCCN(c2ccccc2Cl)C1)[C@H]1CCCCN1. The van der Waals surface area contributed by atoms with Crippen LogP contribution in [0.15, 0.2) is 24.3 Å². The Morgan fingerprint density at radius 1 is 1.17 bits per heavy atom. The lowest BCUT2D eigenvalue weighted by Gasteiger charge is -2.36. The topological polar surface area (TPSA) is 44.4 Å². The summed E-state index contributed by atoms with van der Waals surface area (Å²) in [5, 5.41) is 7.32. The maximum atomic E-state index is 12.4. The molecule has 2 N–H and O–H groups in total. The molecule has 2 aliphatic rings. The Labute approximate surface area is 161 Å². The molecular formula is C17H26Cl3N3O. The van der Waals surface area contributed by atoms with Gasteiger partial charge in [0.25, 0.3) is 0 Å². The summed E-state index contributed by atoms with van der Waals surface area (Å²) in [4.78, 5) is 14.6. The number of halogens is 3. The smallest absolute Gasteiger partial charge is 0.237 e. The van der Waals surface area contributed by atoms with Gasteiger partial charge in [-0.15, -0.1) is 24.8 Å². The summed E-state index contributed by atoms with van der Waals surface area (Å²) in [7, 11) is 0. The average molecular weight is 395 g/mol. The van der Waals surface area contributed by atoms with E-state index in [9.17, 15) is 4.79 Å². The number of nitrogens with one attached hydrogen (secondary N) is 2. The van der Waals surface area contributed by atoms with Crippen LogP contribution < -0.4 is 15.5 Å². The first kappa shape index (κ1) is 21.4. The molecule has 1 amide bonds. The predicted molar refractivity (Wildman–Crippen MR) is 105 cm³/mol. The van der Waals surface area contributed by atoms with Gasteiger partial charge in [0.1, 0.15) is 0 Å². The maximum absolute atomic E-state index is 12.4. The number of piperidine rings is 2. The van der Waals surface area contributed by atoms with E-state index in [0.717, 1.165) is 56.0 Å². The minimum absolute atomic E-state index is 0. The number of hydrogen-bond donors (Lipinski definition) is 2. The summed E-state index contributed by atoms with van der Waals surface area (Å²) in [5.74, 6) is 0.158. The summed E-state index contributed by atoms with van der Waals surface area (Å²) in [6.07, 6.45) is 5.38. The van der Waals surface area contributed by atoms with Gasteiger partial charge in [-0.1, -0.05) is 30.2 Å². The first-order valence-electron chi connectivity index (χ1n) is 8.27. The fourth-order valence-electron chi connectivity index (χ4n) is 3.40. The predicted octanol–water partition coefficient (Wildman–Crippen LogP) is 3.41. The van der Waals surface area contributed by atoms with Gasteiger partial charge in [-0.05, 0) is 44.4 Å². The standard InChI is InChI=1S/C17H24ClN3O.2ClH/c18-14-7-1-2-9-16(14)21-11-5-6-13(12-21)20-17(22)15-8-3-4-10-19-15;;/h1-2,7,9,13,15,19H,3-6,8,10-12H2,(H,20,22);2*1H/t13?,15-;;/m1../s1. The summed E-state index contributed by atoms with van der Waals surface area (Å²) in [6, 6.07) is 8.13. The second-order valence-electron chi connectivity index (χ2n) is 6.25. The fourth-order valence-corrected chi connectivity index (χ4v) is 3.65. The second kappa shape index (κ2) is 10.3. The van der Waals surface area contributed by atoms with Crippen LogP contribution in [0.25, 0.3) is 0 Å². The number of rotatable bonds is 3. The van der Waals surface area contributed by atoms with Crippen molar-refractivity contribution in [3.63, 3.8) is 0 Å². The molecule has 4 nitrogen and oxygen atoms in total. The zero-order valence-electron chi connectivity index (χ0n) is 13.7. The third kappa shape index (κ3) is 5.41. The largest absolute Gasteiger partial charge is 0.368 e. The Bertz CT molecular complexity index is 524. The van der Waals surface area contributed by atoms with E-state index in [1.807, 2.05) is 18.2 Å². The normalized spacial score (nSPS) is 23.6. The molecule has 2 fully saturated rings. The molecule has 2 saturated heterocycles. The van der Waals surface area contributed by atoms with Crippen molar-refractivity contribution < 1.29 is 4.79 Å². The molecule has 1 aromatic rings. The van der Waals surface area contributed by atoms with Gasteiger partial charge in [0.05, 0.1) is 16.8 Å². The molecule has 1 aromatic carbocycles. The van der Waals surface area contributed by atoms with Crippen molar-refractivity contribution in [1.82, 2.24) is 10.6 Å². The number of anilines is 1. The highest BCUT2D eigenvalue weighted by Gasteiger charge is 2.26. The first-order valence-corrected chi connectivity index (χ1v) is 8.65. The van der Waals surface area contributed by atoms with Crippen molar-refractivity contribution >= 4 is 48.0 Å². The number of amides is 1. The summed E-state index contributed by atoms with van der Waals surface area (Å²) in [5.41, 5.74) is 1.07. The van der Waals surface area contributed by atoms with Crippen molar-refractivity contribution in [2.45, 2.75) is 44.2 Å². The van der Waals surface area contributed by atoms with E-state index in [2.05, 4.69) is 21.6 Å². The van der Waals surface area contributed by atoms with Gasteiger partial charge < -0.3 is 15.5 Å². The lowest BCUT2D eigenvalue weighted by atomic mass is 10.0. The van der Waals surface area contributed by atoms with Gasteiger partial charge in [-0.3, -0.25) is 4.79 Å². The Morgan fingerprint density at radius 2 is 1.96 bits per heavy atom. The Morgan fingerprint density at radius 3 is 2.67 bits per heavy atom. The van der Waals surface area contributed by atoms with E-state index in [0.29, 0.717) is 0 Å². The number of benzene rings is 1. The van der Waals surface area contributed by atoms with Crippen LogP contribution in [-0.4, -0.2) is 37.6 Å². The van der Waals surface area contributed by atoms with Crippen molar-refractivity contribution in [3.05, 3.63) is 29.3 Å². The summed E-state index contributed by atoms with van der Waals surface area (Å²) in [6.45, 7) is 2.79. The number of carbonyl (C=O) groups is 1. The molecule has 7 heteroatoms. The minimum Gasteiger partial charge on any atom is -0.368 e. The Hall–Kier alpha value is -0.680. The van der Waals surface area contributed by atoms with Crippen LogP contribution in [-0.2, 0) is 4.79 Å². The highest BCUT2D eigenvalue weighted by atomic mass is 35.5. The molecule has 2 atom stereocenters. The van der Waals surface area contributed by atoms with Crippen molar-refractivity contribution in [3.8, 4) is 0 Å². The van der Waals surface area contributed by atoms with Crippen LogP contribution in [0.2, 0.25) is 5.02 Å². The minimum atomic E-state index is -0.00978. The maximum Gasteiger partial charge on any atom is 0.237 e.